The summed E-state index contributed by atoms with van der Waals surface area (Å²) >= 11 is 0. The van der Waals surface area contributed by atoms with Gasteiger partial charge in [0.05, 0.1) is 0 Å². The fourth-order valence-electron chi connectivity index (χ4n) is 6.65. The summed E-state index contributed by atoms with van der Waals surface area (Å²) in [6.07, 6.45) is 11.1. The van der Waals surface area contributed by atoms with Crippen molar-refractivity contribution >= 4 is 17.0 Å². The molecule has 0 radical (unpaired) electrons. The average Bonchev–Trinajstić information content (AvgIpc) is 2.81. The van der Waals surface area contributed by atoms with Gasteiger partial charge in [-0.3, -0.25) is 0 Å². The lowest BCUT2D eigenvalue weighted by molar-refractivity contribution is -0.0615. The van der Waals surface area contributed by atoms with Gasteiger partial charge in [0, 0.05) is 23.1 Å². The van der Waals surface area contributed by atoms with Crippen molar-refractivity contribution in [2.24, 2.45) is 23.2 Å². The molecule has 1 aromatic heterocycles. The zero-order valence-corrected chi connectivity index (χ0v) is 14.2. The summed E-state index contributed by atoms with van der Waals surface area (Å²) in [6.45, 7) is 7.52. The molecule has 6 rings (SSSR count). The van der Waals surface area contributed by atoms with Crippen LogP contribution in [0.3, 0.4) is 0 Å². The van der Waals surface area contributed by atoms with Gasteiger partial charge in [0.1, 0.15) is 0 Å². The highest BCUT2D eigenvalue weighted by Crippen LogP contribution is 2.60. The molecule has 0 unspecified atom stereocenters. The summed E-state index contributed by atoms with van der Waals surface area (Å²) in [6, 6.07) is 9.04. The molecule has 0 amide bonds. The molecule has 4 bridgehead atoms. The third kappa shape index (κ3) is 2.05. The molecular formula is C22H27N. The number of hydrogen-bond donors (Lipinski definition) is 0. The fraction of sp³-hybridized carbons (Fsp3) is 0.545. The molecule has 0 atom stereocenters. The Bertz CT molecular complexity index is 743. The normalized spacial score (nSPS) is 35.1. The van der Waals surface area contributed by atoms with E-state index in [0.29, 0.717) is 5.41 Å². The van der Waals surface area contributed by atoms with E-state index >= 15 is 0 Å². The molecule has 23 heavy (non-hydrogen) atoms. The number of aryl methyl sites for hydroxylation is 1. The van der Waals surface area contributed by atoms with Crippen molar-refractivity contribution in [3.05, 3.63) is 42.1 Å². The number of benzene rings is 1. The lowest BCUT2D eigenvalue weighted by Crippen LogP contribution is -2.48. The van der Waals surface area contributed by atoms with Crippen LogP contribution in [0.2, 0.25) is 0 Å². The summed E-state index contributed by atoms with van der Waals surface area (Å²) in [4.78, 5) is 0. The van der Waals surface area contributed by atoms with Crippen molar-refractivity contribution in [2.75, 3.05) is 0 Å². The number of hydrogen-bond acceptors (Lipinski definition) is 0. The molecule has 1 heterocycles. The zero-order valence-electron chi connectivity index (χ0n) is 14.2. The molecule has 4 saturated carbocycles. The Kier molecular flexibility index (Phi) is 2.87. The first-order valence-electron chi connectivity index (χ1n) is 9.37. The number of rotatable bonds is 3. The SMILES string of the molecule is C=Cc1cccc2c1cc(C)n2CC12CC3CC(CC(C3)C1)C2. The molecule has 4 aliphatic rings. The smallest absolute Gasteiger partial charge is 0.0488 e. The highest BCUT2D eigenvalue weighted by Gasteiger charge is 2.50. The quantitative estimate of drug-likeness (QED) is 0.674. The van der Waals surface area contributed by atoms with Gasteiger partial charge in [-0.05, 0) is 86.3 Å². The van der Waals surface area contributed by atoms with Gasteiger partial charge in [0.2, 0.25) is 0 Å². The Morgan fingerprint density at radius 2 is 1.78 bits per heavy atom. The molecule has 1 heteroatoms. The highest BCUT2D eigenvalue weighted by molar-refractivity contribution is 5.89. The minimum Gasteiger partial charge on any atom is -0.344 e. The van der Waals surface area contributed by atoms with Crippen molar-refractivity contribution in [1.29, 1.82) is 0 Å². The van der Waals surface area contributed by atoms with Crippen molar-refractivity contribution in [3.63, 3.8) is 0 Å². The van der Waals surface area contributed by atoms with Gasteiger partial charge in [0.15, 0.2) is 0 Å². The summed E-state index contributed by atoms with van der Waals surface area (Å²) in [5.74, 6) is 3.10. The van der Waals surface area contributed by atoms with Gasteiger partial charge in [0.25, 0.3) is 0 Å². The molecule has 1 nitrogen and oxygen atoms in total. The Balaban J connectivity index is 1.57. The van der Waals surface area contributed by atoms with Gasteiger partial charge < -0.3 is 4.57 Å². The van der Waals surface area contributed by atoms with Gasteiger partial charge in [-0.15, -0.1) is 0 Å². The van der Waals surface area contributed by atoms with Crippen LogP contribution in [0.25, 0.3) is 17.0 Å². The number of aromatic nitrogens is 1. The number of nitrogens with zero attached hydrogens (tertiary/aromatic N) is 1. The van der Waals surface area contributed by atoms with Crippen molar-refractivity contribution in [2.45, 2.75) is 52.0 Å². The first-order chi connectivity index (χ1) is 11.2. The van der Waals surface area contributed by atoms with Crippen LogP contribution < -0.4 is 0 Å². The highest BCUT2D eigenvalue weighted by atomic mass is 15.0. The maximum Gasteiger partial charge on any atom is 0.0488 e. The van der Waals surface area contributed by atoms with E-state index in [2.05, 4.69) is 42.3 Å². The van der Waals surface area contributed by atoms with E-state index in [1.165, 1.54) is 67.2 Å². The second kappa shape index (κ2) is 4.75. The van der Waals surface area contributed by atoms with E-state index in [-0.39, 0.29) is 0 Å². The summed E-state index contributed by atoms with van der Waals surface area (Å²) in [7, 11) is 0. The van der Waals surface area contributed by atoms with E-state index in [4.69, 9.17) is 0 Å². The van der Waals surface area contributed by atoms with Crippen LogP contribution in [0, 0.1) is 30.1 Å². The maximum absolute atomic E-state index is 3.99. The van der Waals surface area contributed by atoms with Crippen molar-refractivity contribution < 1.29 is 0 Å². The molecule has 120 valence electrons. The van der Waals surface area contributed by atoms with Crippen molar-refractivity contribution in [3.8, 4) is 0 Å². The van der Waals surface area contributed by atoms with Crippen LogP contribution in [0.4, 0.5) is 0 Å². The van der Waals surface area contributed by atoms with E-state index in [1.807, 2.05) is 6.08 Å². The Hall–Kier alpha value is -1.50. The Labute approximate surface area is 139 Å². The Morgan fingerprint density at radius 1 is 1.13 bits per heavy atom. The standard InChI is InChI=1S/C22H27N/c1-3-19-5-4-6-21-20(19)7-15(2)23(21)14-22-11-16-8-17(12-22)10-18(9-16)13-22/h3-7,16-18H,1,8-14H2,2H3. The third-order valence-corrected chi connectivity index (χ3v) is 7.07. The largest absolute Gasteiger partial charge is 0.344 e. The molecule has 0 saturated heterocycles. The fourth-order valence-corrected chi connectivity index (χ4v) is 6.65. The minimum absolute atomic E-state index is 0.593. The molecule has 0 N–H and O–H groups in total. The van der Waals surface area contributed by atoms with Crippen LogP contribution in [-0.4, -0.2) is 4.57 Å². The summed E-state index contributed by atoms with van der Waals surface area (Å²) in [5.41, 5.74) is 4.70. The molecule has 4 fully saturated rings. The topological polar surface area (TPSA) is 4.93 Å². The predicted molar refractivity (Wildman–Crippen MR) is 97.4 cm³/mol. The third-order valence-electron chi connectivity index (χ3n) is 7.07. The van der Waals surface area contributed by atoms with E-state index in [1.54, 1.807) is 0 Å². The van der Waals surface area contributed by atoms with Crippen LogP contribution in [-0.2, 0) is 6.54 Å². The van der Waals surface area contributed by atoms with Crippen LogP contribution in [0.15, 0.2) is 30.8 Å². The zero-order chi connectivity index (χ0) is 15.6. The molecule has 0 aliphatic heterocycles. The summed E-state index contributed by atoms with van der Waals surface area (Å²) < 4.78 is 2.62. The first kappa shape index (κ1) is 13.9. The van der Waals surface area contributed by atoms with Crippen LogP contribution in [0.1, 0.15) is 49.8 Å². The molecule has 2 aromatic rings. The summed E-state index contributed by atoms with van der Waals surface area (Å²) in [5, 5.41) is 1.38. The second-order valence-electron chi connectivity index (χ2n) is 8.77. The van der Waals surface area contributed by atoms with Crippen molar-refractivity contribution in [1.82, 2.24) is 4.57 Å². The average molecular weight is 305 g/mol. The van der Waals surface area contributed by atoms with E-state index < -0.39 is 0 Å². The Morgan fingerprint density at radius 3 is 2.39 bits per heavy atom. The lowest BCUT2D eigenvalue weighted by atomic mass is 9.49. The van der Waals surface area contributed by atoms with Crippen LogP contribution in [0.5, 0.6) is 0 Å². The van der Waals surface area contributed by atoms with Gasteiger partial charge in [-0.25, -0.2) is 0 Å². The predicted octanol–water partition coefficient (Wildman–Crippen LogP) is 5.81. The first-order valence-corrected chi connectivity index (χ1v) is 9.37. The maximum atomic E-state index is 3.99. The molecule has 1 aromatic carbocycles. The van der Waals surface area contributed by atoms with E-state index in [0.717, 1.165) is 17.8 Å². The monoisotopic (exact) mass is 305 g/mol. The molecular weight excluding hydrogens is 278 g/mol. The number of fused-ring (bicyclic) bond motifs is 1. The van der Waals surface area contributed by atoms with Gasteiger partial charge >= 0.3 is 0 Å². The van der Waals surface area contributed by atoms with E-state index in [9.17, 15) is 0 Å². The van der Waals surface area contributed by atoms with Crippen LogP contribution >= 0.6 is 0 Å². The van der Waals surface area contributed by atoms with Gasteiger partial charge in [-0.2, -0.15) is 0 Å². The van der Waals surface area contributed by atoms with Gasteiger partial charge in [-0.1, -0.05) is 24.8 Å². The molecule has 0 spiro atoms. The molecule has 4 aliphatic carbocycles. The second-order valence-corrected chi connectivity index (χ2v) is 8.77. The lowest BCUT2D eigenvalue weighted by Gasteiger charge is -2.57. The minimum atomic E-state index is 0.593.